The fourth-order valence-corrected chi connectivity index (χ4v) is 2.76. The number of nitrogens with zero attached hydrogens (tertiary/aromatic N) is 1. The Morgan fingerprint density at radius 2 is 1.76 bits per heavy atom. The minimum atomic E-state index is -0.399. The van der Waals surface area contributed by atoms with Crippen molar-refractivity contribution >= 4 is 17.6 Å². The van der Waals surface area contributed by atoms with Crippen LogP contribution in [0.25, 0.3) is 0 Å². The zero-order chi connectivity index (χ0) is 18.2. The van der Waals surface area contributed by atoms with Gasteiger partial charge < -0.3 is 14.4 Å². The number of methoxy groups -OCH3 is 2. The third kappa shape index (κ3) is 5.48. The van der Waals surface area contributed by atoms with E-state index in [1.807, 2.05) is 24.3 Å². The van der Waals surface area contributed by atoms with Crippen LogP contribution in [-0.2, 0) is 25.5 Å². The van der Waals surface area contributed by atoms with E-state index in [1.54, 1.807) is 4.90 Å². The summed E-state index contributed by atoms with van der Waals surface area (Å²) in [5.41, 5.74) is 3.13. The monoisotopic (exact) mass is 343 g/mol. The third-order valence-electron chi connectivity index (χ3n) is 4.21. The Labute approximate surface area is 148 Å². The molecule has 0 heterocycles. The number of benzene rings is 1. The molecule has 0 saturated heterocycles. The van der Waals surface area contributed by atoms with Crippen molar-refractivity contribution < 1.29 is 19.1 Å². The van der Waals surface area contributed by atoms with Gasteiger partial charge in [0.05, 0.1) is 14.2 Å². The molecule has 0 saturated carbocycles. The van der Waals surface area contributed by atoms with Gasteiger partial charge in [-0.05, 0) is 36.0 Å². The van der Waals surface area contributed by atoms with Gasteiger partial charge >= 0.3 is 11.9 Å². The maximum absolute atomic E-state index is 11.8. The van der Waals surface area contributed by atoms with Gasteiger partial charge in [-0.3, -0.25) is 9.59 Å². The van der Waals surface area contributed by atoms with Gasteiger partial charge in [-0.2, -0.15) is 0 Å². The Bertz CT molecular complexity index is 660. The molecule has 25 heavy (non-hydrogen) atoms. The molecule has 1 aliphatic rings. The average Bonchev–Trinajstić information content (AvgIpc) is 2.63. The van der Waals surface area contributed by atoms with E-state index in [-0.39, 0.29) is 13.1 Å². The van der Waals surface area contributed by atoms with E-state index in [9.17, 15) is 9.59 Å². The second-order valence-electron chi connectivity index (χ2n) is 6.16. The summed E-state index contributed by atoms with van der Waals surface area (Å²) in [5.74, 6) is -0.234. The van der Waals surface area contributed by atoms with E-state index >= 15 is 0 Å². The first kappa shape index (κ1) is 18.8. The minimum Gasteiger partial charge on any atom is -0.468 e. The van der Waals surface area contributed by atoms with Gasteiger partial charge in [-0.25, -0.2) is 0 Å². The summed E-state index contributed by atoms with van der Waals surface area (Å²) in [6.45, 7) is 2.18. The van der Waals surface area contributed by atoms with Crippen molar-refractivity contribution in [3.8, 4) is 0 Å². The van der Waals surface area contributed by atoms with E-state index in [4.69, 9.17) is 9.47 Å². The van der Waals surface area contributed by atoms with Gasteiger partial charge in [0.25, 0.3) is 0 Å². The maximum Gasteiger partial charge on any atom is 0.325 e. The fourth-order valence-electron chi connectivity index (χ4n) is 2.76. The van der Waals surface area contributed by atoms with Crippen molar-refractivity contribution in [2.75, 3.05) is 32.2 Å². The van der Waals surface area contributed by atoms with Crippen LogP contribution in [0.1, 0.15) is 18.9 Å². The van der Waals surface area contributed by atoms with Crippen LogP contribution >= 0.6 is 0 Å². The highest BCUT2D eigenvalue weighted by Crippen LogP contribution is 2.26. The second-order valence-corrected chi connectivity index (χ2v) is 6.16. The first-order valence-corrected chi connectivity index (χ1v) is 8.37. The van der Waals surface area contributed by atoms with Crippen LogP contribution in [0.5, 0.6) is 0 Å². The molecule has 0 spiro atoms. The predicted molar refractivity (Wildman–Crippen MR) is 97.4 cm³/mol. The highest BCUT2D eigenvalue weighted by molar-refractivity contribution is 5.82. The number of para-hydroxylation sites is 1. The number of anilines is 1. The molecular formula is C20H25NO4. The molecule has 0 aliphatic heterocycles. The second kappa shape index (κ2) is 9.06. The Morgan fingerprint density at radius 3 is 2.32 bits per heavy atom. The van der Waals surface area contributed by atoms with Crippen LogP contribution in [-0.4, -0.2) is 39.2 Å². The van der Waals surface area contributed by atoms with Gasteiger partial charge in [-0.15, -0.1) is 0 Å². The van der Waals surface area contributed by atoms with Crippen molar-refractivity contribution in [2.24, 2.45) is 5.92 Å². The van der Waals surface area contributed by atoms with Gasteiger partial charge in [0.15, 0.2) is 0 Å². The molecule has 1 aromatic rings. The van der Waals surface area contributed by atoms with E-state index in [2.05, 4.69) is 25.2 Å². The van der Waals surface area contributed by atoms with Crippen LogP contribution in [0, 0.1) is 5.92 Å². The van der Waals surface area contributed by atoms with Crippen LogP contribution in [0.2, 0.25) is 0 Å². The molecule has 0 amide bonds. The Balaban J connectivity index is 2.26. The summed E-state index contributed by atoms with van der Waals surface area (Å²) in [6.07, 6.45) is 8.38. The van der Waals surface area contributed by atoms with Crippen molar-refractivity contribution in [2.45, 2.75) is 19.8 Å². The van der Waals surface area contributed by atoms with E-state index < -0.39 is 11.9 Å². The summed E-state index contributed by atoms with van der Waals surface area (Å²) < 4.78 is 9.53. The quantitative estimate of drug-likeness (QED) is 0.713. The zero-order valence-electron chi connectivity index (χ0n) is 15.0. The number of esters is 2. The van der Waals surface area contributed by atoms with Crippen LogP contribution in [0.3, 0.4) is 0 Å². The number of carbonyl (C=O) groups excluding carboxylic acids is 2. The molecule has 134 valence electrons. The zero-order valence-corrected chi connectivity index (χ0v) is 15.0. The average molecular weight is 343 g/mol. The predicted octanol–water partition coefficient (Wildman–Crippen LogP) is 2.90. The smallest absolute Gasteiger partial charge is 0.325 e. The first-order chi connectivity index (χ1) is 12.0. The van der Waals surface area contributed by atoms with Crippen molar-refractivity contribution in [3.05, 3.63) is 53.6 Å². The summed E-state index contributed by atoms with van der Waals surface area (Å²) in [7, 11) is 2.67. The largest absolute Gasteiger partial charge is 0.468 e. The van der Waals surface area contributed by atoms with Crippen molar-refractivity contribution in [1.82, 2.24) is 0 Å². The highest BCUT2D eigenvalue weighted by atomic mass is 16.5. The normalized spacial score (nSPS) is 16.1. The maximum atomic E-state index is 11.8. The number of allylic oxidation sites excluding steroid dienone is 4. The lowest BCUT2D eigenvalue weighted by atomic mass is 9.94. The van der Waals surface area contributed by atoms with Gasteiger partial charge in [0.2, 0.25) is 0 Å². The molecule has 0 bridgehead atoms. The lowest BCUT2D eigenvalue weighted by molar-refractivity contribution is -0.140. The number of hydrogen-bond acceptors (Lipinski definition) is 5. The molecule has 2 rings (SSSR count). The summed E-state index contributed by atoms with van der Waals surface area (Å²) in [4.78, 5) is 25.2. The molecule has 1 atom stereocenters. The molecular weight excluding hydrogens is 318 g/mol. The van der Waals surface area contributed by atoms with Crippen molar-refractivity contribution in [3.63, 3.8) is 0 Å². The van der Waals surface area contributed by atoms with Crippen molar-refractivity contribution in [1.29, 1.82) is 0 Å². The molecule has 0 fully saturated rings. The van der Waals surface area contributed by atoms with Gasteiger partial charge in [0.1, 0.15) is 13.1 Å². The topological polar surface area (TPSA) is 55.8 Å². The number of carbonyl (C=O) groups is 2. The van der Waals surface area contributed by atoms with Gasteiger partial charge in [0, 0.05) is 5.69 Å². The van der Waals surface area contributed by atoms with E-state index in [0.717, 1.165) is 24.1 Å². The third-order valence-corrected chi connectivity index (χ3v) is 4.21. The van der Waals surface area contributed by atoms with Gasteiger partial charge in [-0.1, -0.05) is 43.4 Å². The fraction of sp³-hybridized carbons (Fsp3) is 0.400. The van der Waals surface area contributed by atoms with Crippen LogP contribution in [0.15, 0.2) is 48.1 Å². The number of rotatable bonds is 7. The minimum absolute atomic E-state index is 0.00542. The summed E-state index contributed by atoms with van der Waals surface area (Å²) >= 11 is 0. The molecule has 5 heteroatoms. The molecule has 1 aliphatic carbocycles. The molecule has 1 unspecified atom stereocenters. The molecule has 0 aromatic heterocycles. The highest BCUT2D eigenvalue weighted by Gasteiger charge is 2.19. The number of hydrogen-bond donors (Lipinski definition) is 0. The molecule has 0 radical (unpaired) electrons. The molecule has 0 N–H and O–H groups in total. The van der Waals surface area contributed by atoms with Crippen LogP contribution < -0.4 is 4.90 Å². The SMILES string of the molecule is COC(=O)CN(CC(=O)OC)c1ccccc1CC1=CCC(C)C=C1. The lowest BCUT2D eigenvalue weighted by Gasteiger charge is -2.25. The van der Waals surface area contributed by atoms with E-state index in [1.165, 1.54) is 19.8 Å². The molecule has 1 aromatic carbocycles. The first-order valence-electron chi connectivity index (χ1n) is 8.37. The summed E-state index contributed by atoms with van der Waals surface area (Å²) in [6, 6.07) is 7.79. The Hall–Kier alpha value is -2.56. The van der Waals surface area contributed by atoms with E-state index in [0.29, 0.717) is 5.92 Å². The Kier molecular flexibility index (Phi) is 6.81. The number of ether oxygens (including phenoxy) is 2. The standard InChI is InChI=1S/C20H25NO4/c1-15-8-10-16(11-9-15)12-17-6-4-5-7-18(17)21(13-19(22)24-2)14-20(23)25-3/h4-8,10-11,15H,9,12-14H2,1-3H3. The summed E-state index contributed by atoms with van der Waals surface area (Å²) in [5, 5.41) is 0. The lowest BCUT2D eigenvalue weighted by Crippen LogP contribution is -2.36. The molecule has 5 nitrogen and oxygen atoms in total. The van der Waals surface area contributed by atoms with Crippen LogP contribution in [0.4, 0.5) is 5.69 Å². The Morgan fingerprint density at radius 1 is 1.12 bits per heavy atom.